The van der Waals surface area contributed by atoms with Crippen molar-refractivity contribution in [3.8, 4) is 5.75 Å². The molecule has 3 rings (SSSR count). The first-order chi connectivity index (χ1) is 13.2. The van der Waals surface area contributed by atoms with Crippen LogP contribution >= 0.6 is 0 Å². The number of amides is 1. The molecule has 5 nitrogen and oxygen atoms in total. The molecule has 0 radical (unpaired) electrons. The van der Waals surface area contributed by atoms with Gasteiger partial charge in [0.1, 0.15) is 5.75 Å². The van der Waals surface area contributed by atoms with Gasteiger partial charge in [0.25, 0.3) is 0 Å². The summed E-state index contributed by atoms with van der Waals surface area (Å²) in [6, 6.07) is 17.2. The number of methoxy groups -OCH3 is 1. The van der Waals surface area contributed by atoms with Crippen LogP contribution in [0.4, 0.5) is 0 Å². The van der Waals surface area contributed by atoms with Crippen molar-refractivity contribution in [3.63, 3.8) is 0 Å². The van der Waals surface area contributed by atoms with E-state index < -0.39 is 0 Å². The van der Waals surface area contributed by atoms with E-state index in [-0.39, 0.29) is 11.7 Å². The number of carbonyl (C=O) groups excluding carboxylic acids is 2. The van der Waals surface area contributed by atoms with Crippen molar-refractivity contribution in [2.24, 2.45) is 0 Å². The maximum atomic E-state index is 12.5. The average molecular weight is 366 g/mol. The summed E-state index contributed by atoms with van der Waals surface area (Å²) in [5.41, 5.74) is 1.88. The van der Waals surface area contributed by atoms with E-state index in [2.05, 4.69) is 4.90 Å². The summed E-state index contributed by atoms with van der Waals surface area (Å²) >= 11 is 0. The lowest BCUT2D eigenvalue weighted by atomic mass is 10.1. The van der Waals surface area contributed by atoms with E-state index in [0.29, 0.717) is 26.1 Å². The summed E-state index contributed by atoms with van der Waals surface area (Å²) < 4.78 is 5.15. The van der Waals surface area contributed by atoms with Crippen LogP contribution in [0.25, 0.3) is 0 Å². The predicted molar refractivity (Wildman–Crippen MR) is 105 cm³/mol. The number of carbonyl (C=O) groups is 2. The summed E-state index contributed by atoms with van der Waals surface area (Å²) in [5, 5.41) is 0. The quantitative estimate of drug-likeness (QED) is 0.707. The lowest BCUT2D eigenvalue weighted by Crippen LogP contribution is -2.49. The number of nitrogens with zero attached hydrogens (tertiary/aromatic N) is 2. The molecule has 1 amide bonds. The molecule has 0 bridgehead atoms. The van der Waals surface area contributed by atoms with E-state index in [9.17, 15) is 9.59 Å². The van der Waals surface area contributed by atoms with Gasteiger partial charge in [-0.2, -0.15) is 0 Å². The molecule has 0 aromatic heterocycles. The second kappa shape index (κ2) is 9.33. The van der Waals surface area contributed by atoms with Crippen LogP contribution in [0, 0.1) is 0 Å². The number of piperazine rings is 1. The predicted octanol–water partition coefficient (Wildman–Crippen LogP) is 2.65. The Labute approximate surface area is 160 Å². The second-order valence-electron chi connectivity index (χ2n) is 6.79. The highest BCUT2D eigenvalue weighted by molar-refractivity contribution is 5.97. The van der Waals surface area contributed by atoms with Gasteiger partial charge >= 0.3 is 0 Å². The first-order valence-electron chi connectivity index (χ1n) is 9.37. The molecule has 2 aromatic rings. The van der Waals surface area contributed by atoms with Gasteiger partial charge < -0.3 is 9.64 Å². The van der Waals surface area contributed by atoms with Gasteiger partial charge in [0.05, 0.1) is 13.7 Å². The van der Waals surface area contributed by atoms with Crippen LogP contribution in [0.3, 0.4) is 0 Å². The fourth-order valence-electron chi connectivity index (χ4n) is 3.28. The summed E-state index contributed by atoms with van der Waals surface area (Å²) in [5.74, 6) is 1.14. The Bertz CT molecular complexity index is 751. The maximum Gasteiger partial charge on any atom is 0.222 e. The van der Waals surface area contributed by atoms with Crippen molar-refractivity contribution in [3.05, 3.63) is 65.7 Å². The molecule has 1 fully saturated rings. The van der Waals surface area contributed by atoms with Gasteiger partial charge in [0, 0.05) is 38.2 Å². The van der Waals surface area contributed by atoms with Crippen molar-refractivity contribution in [2.45, 2.75) is 12.8 Å². The van der Waals surface area contributed by atoms with Crippen molar-refractivity contribution >= 4 is 11.7 Å². The zero-order valence-electron chi connectivity index (χ0n) is 15.8. The van der Waals surface area contributed by atoms with Crippen LogP contribution in [-0.4, -0.2) is 61.3 Å². The van der Waals surface area contributed by atoms with Crippen LogP contribution in [-0.2, 0) is 11.2 Å². The van der Waals surface area contributed by atoms with Crippen molar-refractivity contribution in [1.82, 2.24) is 9.80 Å². The topological polar surface area (TPSA) is 49.9 Å². The minimum atomic E-state index is 0.134. The SMILES string of the molecule is COc1ccc(CCC(=O)N2CCN(CC(=O)c3ccccc3)CC2)cc1. The molecule has 0 saturated carbocycles. The lowest BCUT2D eigenvalue weighted by Gasteiger charge is -2.34. The molecule has 0 aliphatic carbocycles. The second-order valence-corrected chi connectivity index (χ2v) is 6.79. The van der Waals surface area contributed by atoms with Crippen molar-refractivity contribution in [1.29, 1.82) is 0 Å². The number of hydrogen-bond acceptors (Lipinski definition) is 4. The molecule has 27 heavy (non-hydrogen) atoms. The van der Waals surface area contributed by atoms with Crippen LogP contribution in [0.5, 0.6) is 5.75 Å². The largest absolute Gasteiger partial charge is 0.497 e. The van der Waals surface area contributed by atoms with Crippen LogP contribution in [0.15, 0.2) is 54.6 Å². The minimum absolute atomic E-state index is 0.134. The average Bonchev–Trinajstić information content (AvgIpc) is 2.73. The number of ether oxygens (including phenoxy) is 1. The number of rotatable bonds is 7. The first kappa shape index (κ1) is 19.1. The molecule has 5 heteroatoms. The van der Waals surface area contributed by atoms with Gasteiger partial charge in [-0.05, 0) is 24.1 Å². The third kappa shape index (κ3) is 5.41. The van der Waals surface area contributed by atoms with E-state index in [1.807, 2.05) is 59.5 Å². The standard InChI is InChI=1S/C22H26N2O3/c1-27-20-10-7-18(8-11-20)9-12-22(26)24-15-13-23(14-16-24)17-21(25)19-5-3-2-4-6-19/h2-8,10-11H,9,12-17H2,1H3. The third-order valence-electron chi connectivity index (χ3n) is 4.97. The van der Waals surface area contributed by atoms with E-state index in [1.54, 1.807) is 7.11 Å². The molecule has 1 aliphatic heterocycles. The number of Topliss-reactive ketones (excluding diaryl/α,β-unsaturated/α-hetero) is 1. The Morgan fingerprint density at radius 1 is 0.926 bits per heavy atom. The molecule has 1 saturated heterocycles. The Morgan fingerprint density at radius 3 is 2.22 bits per heavy atom. The Morgan fingerprint density at radius 2 is 1.59 bits per heavy atom. The van der Waals surface area contributed by atoms with Crippen LogP contribution in [0.1, 0.15) is 22.3 Å². The van der Waals surface area contributed by atoms with Gasteiger partial charge in [-0.25, -0.2) is 0 Å². The Kier molecular flexibility index (Phi) is 6.60. The number of benzene rings is 2. The van der Waals surface area contributed by atoms with Gasteiger partial charge in [0.15, 0.2) is 5.78 Å². The van der Waals surface area contributed by atoms with E-state index in [1.165, 1.54) is 0 Å². The van der Waals surface area contributed by atoms with Crippen molar-refractivity contribution in [2.75, 3.05) is 39.8 Å². The summed E-state index contributed by atoms with van der Waals surface area (Å²) in [7, 11) is 1.64. The normalized spacial score (nSPS) is 14.8. The van der Waals surface area contributed by atoms with E-state index >= 15 is 0 Å². The highest BCUT2D eigenvalue weighted by Crippen LogP contribution is 2.14. The highest BCUT2D eigenvalue weighted by Gasteiger charge is 2.22. The van der Waals surface area contributed by atoms with E-state index in [0.717, 1.165) is 36.4 Å². The number of ketones is 1. The Balaban J connectivity index is 1.41. The number of hydrogen-bond donors (Lipinski definition) is 0. The molecule has 1 heterocycles. The monoisotopic (exact) mass is 366 g/mol. The van der Waals surface area contributed by atoms with Crippen molar-refractivity contribution < 1.29 is 14.3 Å². The highest BCUT2D eigenvalue weighted by atomic mass is 16.5. The molecule has 0 spiro atoms. The van der Waals surface area contributed by atoms with Gasteiger partial charge in [-0.1, -0.05) is 42.5 Å². The van der Waals surface area contributed by atoms with Crippen LogP contribution in [0.2, 0.25) is 0 Å². The minimum Gasteiger partial charge on any atom is -0.497 e. The molecule has 0 N–H and O–H groups in total. The third-order valence-corrected chi connectivity index (χ3v) is 4.97. The van der Waals surface area contributed by atoms with Gasteiger partial charge in [0.2, 0.25) is 5.91 Å². The first-order valence-corrected chi connectivity index (χ1v) is 9.37. The zero-order chi connectivity index (χ0) is 19.1. The van der Waals surface area contributed by atoms with Gasteiger partial charge in [-0.3, -0.25) is 14.5 Å². The van der Waals surface area contributed by atoms with E-state index in [4.69, 9.17) is 4.74 Å². The lowest BCUT2D eigenvalue weighted by molar-refractivity contribution is -0.132. The Hall–Kier alpha value is -2.66. The molecule has 142 valence electrons. The van der Waals surface area contributed by atoms with Crippen LogP contribution < -0.4 is 4.74 Å². The molecule has 0 atom stereocenters. The molecule has 2 aromatic carbocycles. The molecular formula is C22H26N2O3. The summed E-state index contributed by atoms with van der Waals surface area (Å²) in [6.07, 6.45) is 1.24. The molecule has 1 aliphatic rings. The summed E-state index contributed by atoms with van der Waals surface area (Å²) in [6.45, 7) is 3.27. The molecular weight excluding hydrogens is 340 g/mol. The fourth-order valence-corrected chi connectivity index (χ4v) is 3.28. The summed E-state index contributed by atoms with van der Waals surface area (Å²) in [4.78, 5) is 28.8. The smallest absolute Gasteiger partial charge is 0.222 e. The molecule has 0 unspecified atom stereocenters. The fraction of sp³-hybridized carbons (Fsp3) is 0.364. The van der Waals surface area contributed by atoms with Gasteiger partial charge in [-0.15, -0.1) is 0 Å². The zero-order valence-corrected chi connectivity index (χ0v) is 15.8. The maximum absolute atomic E-state index is 12.5. The number of aryl methyl sites for hydroxylation is 1.